The summed E-state index contributed by atoms with van der Waals surface area (Å²) in [6.07, 6.45) is 4.44. The molecular weight excluding hydrogens is 158 g/mol. The molecule has 0 spiro atoms. The van der Waals surface area contributed by atoms with E-state index in [1.807, 2.05) is 6.92 Å². The zero-order chi connectivity index (χ0) is 8.97. The molecule has 0 radical (unpaired) electrons. The first-order valence-electron chi connectivity index (χ1n) is 3.84. The minimum absolute atomic E-state index is 0.572. The molecule has 5 heteroatoms. The first-order chi connectivity index (χ1) is 5.75. The Kier molecular flexibility index (Phi) is 2.79. The van der Waals surface area contributed by atoms with Crippen molar-refractivity contribution < 1.29 is 9.90 Å². The highest BCUT2D eigenvalue weighted by Gasteiger charge is 2.18. The maximum atomic E-state index is 10.7. The lowest BCUT2D eigenvalue weighted by Crippen LogP contribution is -2.19. The Labute approximate surface area is 70.0 Å². The molecule has 0 aromatic carbocycles. The van der Waals surface area contributed by atoms with Crippen molar-refractivity contribution in [3.8, 4) is 0 Å². The normalized spacial score (nSPS) is 12.8. The van der Waals surface area contributed by atoms with Crippen molar-refractivity contribution in [1.29, 1.82) is 0 Å². The molecule has 5 nitrogen and oxygen atoms in total. The molecule has 1 rings (SSSR count). The lowest BCUT2D eigenvalue weighted by atomic mass is 10.2. The summed E-state index contributed by atoms with van der Waals surface area (Å²) in [7, 11) is 0. The molecule has 1 heterocycles. The van der Waals surface area contributed by atoms with Gasteiger partial charge in [-0.1, -0.05) is 18.6 Å². The summed E-state index contributed by atoms with van der Waals surface area (Å²) >= 11 is 0. The predicted octanol–water partition coefficient (Wildman–Crippen LogP) is 0.704. The summed E-state index contributed by atoms with van der Waals surface area (Å²) < 4.78 is 1.37. The minimum atomic E-state index is -0.859. The van der Waals surface area contributed by atoms with E-state index in [0.717, 1.165) is 6.42 Å². The smallest absolute Gasteiger partial charge is 0.328 e. The Morgan fingerprint density at radius 3 is 2.92 bits per heavy atom. The molecule has 1 aromatic heterocycles. The number of carbonyl (C=O) groups is 1. The fourth-order valence-corrected chi connectivity index (χ4v) is 1.03. The van der Waals surface area contributed by atoms with Gasteiger partial charge in [0.25, 0.3) is 0 Å². The van der Waals surface area contributed by atoms with Gasteiger partial charge in [-0.25, -0.2) is 9.48 Å². The number of carboxylic acid groups (broad SMARTS) is 1. The lowest BCUT2D eigenvalue weighted by molar-refractivity contribution is -0.141. The van der Waals surface area contributed by atoms with Crippen LogP contribution in [0, 0.1) is 0 Å². The number of hydrogen-bond donors (Lipinski definition) is 1. The molecule has 0 saturated heterocycles. The number of carboxylic acids is 1. The standard InChI is InChI=1S/C7H11N3O2/c1-2-3-6(7(11)12)10-5-4-8-9-10/h4-6H,2-3H2,1H3,(H,11,12). The molecule has 0 bridgehead atoms. The predicted molar refractivity (Wildman–Crippen MR) is 41.6 cm³/mol. The van der Waals surface area contributed by atoms with Crippen LogP contribution in [0.2, 0.25) is 0 Å². The maximum Gasteiger partial charge on any atom is 0.328 e. The Morgan fingerprint density at radius 2 is 2.50 bits per heavy atom. The summed E-state index contributed by atoms with van der Waals surface area (Å²) in [6.45, 7) is 1.94. The molecule has 0 aliphatic carbocycles. The lowest BCUT2D eigenvalue weighted by Gasteiger charge is -2.09. The largest absolute Gasteiger partial charge is 0.480 e. The second-order valence-corrected chi connectivity index (χ2v) is 2.53. The van der Waals surface area contributed by atoms with Crippen LogP contribution in [0.5, 0.6) is 0 Å². The summed E-state index contributed by atoms with van der Waals surface area (Å²) in [5.74, 6) is -0.859. The van der Waals surface area contributed by atoms with E-state index in [0.29, 0.717) is 6.42 Å². The van der Waals surface area contributed by atoms with E-state index in [9.17, 15) is 4.79 Å². The number of hydrogen-bond acceptors (Lipinski definition) is 3. The van der Waals surface area contributed by atoms with Gasteiger partial charge in [0.2, 0.25) is 0 Å². The molecule has 1 unspecified atom stereocenters. The van der Waals surface area contributed by atoms with Crippen molar-refractivity contribution in [2.75, 3.05) is 0 Å². The number of aliphatic carboxylic acids is 1. The van der Waals surface area contributed by atoms with Crippen LogP contribution < -0.4 is 0 Å². The Hall–Kier alpha value is -1.39. The summed E-state index contributed by atoms with van der Waals surface area (Å²) in [5, 5.41) is 16.0. The van der Waals surface area contributed by atoms with E-state index in [-0.39, 0.29) is 0 Å². The van der Waals surface area contributed by atoms with Crippen LogP contribution in [-0.4, -0.2) is 26.1 Å². The molecule has 0 aliphatic heterocycles. The number of aromatic nitrogens is 3. The minimum Gasteiger partial charge on any atom is -0.480 e. The van der Waals surface area contributed by atoms with E-state index in [2.05, 4.69) is 10.3 Å². The van der Waals surface area contributed by atoms with Gasteiger partial charge in [0, 0.05) is 6.20 Å². The van der Waals surface area contributed by atoms with Gasteiger partial charge in [0.05, 0.1) is 6.20 Å². The SMILES string of the molecule is CCCC(C(=O)O)n1ccnn1. The van der Waals surface area contributed by atoms with Crippen molar-refractivity contribution in [3.05, 3.63) is 12.4 Å². The van der Waals surface area contributed by atoms with Gasteiger partial charge in [-0.3, -0.25) is 0 Å². The van der Waals surface area contributed by atoms with Gasteiger partial charge < -0.3 is 5.11 Å². The molecule has 1 N–H and O–H groups in total. The zero-order valence-electron chi connectivity index (χ0n) is 6.84. The molecule has 66 valence electrons. The van der Waals surface area contributed by atoms with E-state index in [4.69, 9.17) is 5.11 Å². The number of nitrogens with zero attached hydrogens (tertiary/aromatic N) is 3. The molecular formula is C7H11N3O2. The first kappa shape index (κ1) is 8.70. The zero-order valence-corrected chi connectivity index (χ0v) is 6.84. The second kappa shape index (κ2) is 3.85. The third kappa shape index (κ3) is 1.81. The van der Waals surface area contributed by atoms with Gasteiger partial charge in [-0.05, 0) is 6.42 Å². The van der Waals surface area contributed by atoms with Crippen LogP contribution in [0.15, 0.2) is 12.4 Å². The van der Waals surface area contributed by atoms with Crippen LogP contribution in [0.1, 0.15) is 25.8 Å². The summed E-state index contributed by atoms with van der Waals surface area (Å²) in [6, 6.07) is -0.572. The molecule has 1 aromatic rings. The van der Waals surface area contributed by atoms with E-state index >= 15 is 0 Å². The molecule has 1 atom stereocenters. The van der Waals surface area contributed by atoms with Crippen molar-refractivity contribution in [2.45, 2.75) is 25.8 Å². The Morgan fingerprint density at radius 1 is 1.75 bits per heavy atom. The third-order valence-corrected chi connectivity index (χ3v) is 1.61. The number of rotatable bonds is 4. The molecule has 0 fully saturated rings. The molecule has 0 amide bonds. The van der Waals surface area contributed by atoms with Crippen LogP contribution >= 0.6 is 0 Å². The van der Waals surface area contributed by atoms with Crippen molar-refractivity contribution >= 4 is 5.97 Å². The first-order valence-corrected chi connectivity index (χ1v) is 3.84. The Balaban J connectivity index is 2.73. The topological polar surface area (TPSA) is 68.0 Å². The average Bonchev–Trinajstić information content (AvgIpc) is 2.51. The van der Waals surface area contributed by atoms with Gasteiger partial charge in [0.1, 0.15) is 0 Å². The van der Waals surface area contributed by atoms with Crippen molar-refractivity contribution in [3.63, 3.8) is 0 Å². The maximum absolute atomic E-state index is 10.7. The fourth-order valence-electron chi connectivity index (χ4n) is 1.03. The van der Waals surface area contributed by atoms with E-state index in [1.165, 1.54) is 10.9 Å². The average molecular weight is 169 g/mol. The van der Waals surface area contributed by atoms with Gasteiger partial charge in [-0.2, -0.15) is 0 Å². The molecule has 12 heavy (non-hydrogen) atoms. The van der Waals surface area contributed by atoms with Crippen LogP contribution in [-0.2, 0) is 4.79 Å². The van der Waals surface area contributed by atoms with Gasteiger partial charge in [0.15, 0.2) is 6.04 Å². The van der Waals surface area contributed by atoms with Crippen LogP contribution in [0.4, 0.5) is 0 Å². The quantitative estimate of drug-likeness (QED) is 0.720. The summed E-state index contributed by atoms with van der Waals surface area (Å²) in [5.41, 5.74) is 0. The van der Waals surface area contributed by atoms with Crippen LogP contribution in [0.25, 0.3) is 0 Å². The fraction of sp³-hybridized carbons (Fsp3) is 0.571. The van der Waals surface area contributed by atoms with E-state index < -0.39 is 12.0 Å². The van der Waals surface area contributed by atoms with Gasteiger partial charge >= 0.3 is 5.97 Å². The monoisotopic (exact) mass is 169 g/mol. The highest BCUT2D eigenvalue weighted by atomic mass is 16.4. The van der Waals surface area contributed by atoms with Crippen LogP contribution in [0.3, 0.4) is 0 Å². The van der Waals surface area contributed by atoms with Crippen molar-refractivity contribution in [1.82, 2.24) is 15.0 Å². The highest BCUT2D eigenvalue weighted by Crippen LogP contribution is 2.11. The summed E-state index contributed by atoms with van der Waals surface area (Å²) in [4.78, 5) is 10.7. The van der Waals surface area contributed by atoms with Gasteiger partial charge in [-0.15, -0.1) is 5.10 Å². The van der Waals surface area contributed by atoms with E-state index in [1.54, 1.807) is 6.20 Å². The highest BCUT2D eigenvalue weighted by molar-refractivity contribution is 5.71. The Bertz CT molecular complexity index is 245. The second-order valence-electron chi connectivity index (χ2n) is 2.53. The third-order valence-electron chi connectivity index (χ3n) is 1.61. The molecule has 0 saturated carbocycles. The molecule has 0 aliphatic rings. The van der Waals surface area contributed by atoms with Crippen molar-refractivity contribution in [2.24, 2.45) is 0 Å².